The van der Waals surface area contributed by atoms with E-state index in [9.17, 15) is 19.5 Å². The molecule has 0 unspecified atom stereocenters. The zero-order valence-electron chi connectivity index (χ0n) is 16.4. The van der Waals surface area contributed by atoms with Crippen molar-refractivity contribution < 1.29 is 14.7 Å². The molecule has 4 rings (SSSR count). The highest BCUT2D eigenvalue weighted by Gasteiger charge is 2.44. The first-order chi connectivity index (χ1) is 13.4. The molecule has 7 heteroatoms. The summed E-state index contributed by atoms with van der Waals surface area (Å²) < 4.78 is 1.62. The molecule has 2 N–H and O–H groups in total. The van der Waals surface area contributed by atoms with Gasteiger partial charge in [-0.25, -0.2) is 0 Å². The average molecular weight is 387 g/mol. The topological polar surface area (TPSA) is 91.6 Å². The summed E-state index contributed by atoms with van der Waals surface area (Å²) in [6.07, 6.45) is 5.23. The molecule has 1 saturated carbocycles. The molecule has 0 spiro atoms. The van der Waals surface area contributed by atoms with E-state index in [0.29, 0.717) is 25.9 Å². The van der Waals surface area contributed by atoms with Crippen LogP contribution in [-0.2, 0) is 9.59 Å². The Labute approximate surface area is 164 Å². The molecule has 1 aromatic heterocycles. The van der Waals surface area contributed by atoms with Crippen molar-refractivity contribution in [1.29, 1.82) is 0 Å². The van der Waals surface area contributed by atoms with Gasteiger partial charge in [-0.1, -0.05) is 25.3 Å². The van der Waals surface area contributed by atoms with Crippen molar-refractivity contribution in [3.63, 3.8) is 0 Å². The maximum Gasteiger partial charge on any atom is 0.251 e. The van der Waals surface area contributed by atoms with Gasteiger partial charge in [-0.2, -0.15) is 0 Å². The Morgan fingerprint density at radius 1 is 1.21 bits per heavy atom. The van der Waals surface area contributed by atoms with Gasteiger partial charge in [0.25, 0.3) is 5.56 Å². The molecule has 3 atom stereocenters. The van der Waals surface area contributed by atoms with Gasteiger partial charge < -0.3 is 15.3 Å². The number of piperidine rings is 1. The molecule has 28 heavy (non-hydrogen) atoms. The lowest BCUT2D eigenvalue weighted by atomic mass is 9.78. The minimum atomic E-state index is -0.854. The lowest BCUT2D eigenvalue weighted by molar-refractivity contribution is -0.136. The number of pyridine rings is 1. The van der Waals surface area contributed by atoms with Crippen molar-refractivity contribution in [3.05, 3.63) is 34.2 Å². The lowest BCUT2D eigenvalue weighted by Crippen LogP contribution is -2.55. The molecule has 3 heterocycles. The van der Waals surface area contributed by atoms with Crippen molar-refractivity contribution >= 4 is 11.8 Å². The van der Waals surface area contributed by atoms with E-state index in [1.807, 2.05) is 6.07 Å². The fourth-order valence-electron chi connectivity index (χ4n) is 5.27. The maximum atomic E-state index is 13.2. The predicted octanol–water partition coefficient (Wildman–Crippen LogP) is 1.17. The fraction of sp³-hybridized carbons (Fsp3) is 0.667. The van der Waals surface area contributed by atoms with Gasteiger partial charge in [0, 0.05) is 50.2 Å². The Balaban J connectivity index is 1.61. The number of carbonyl (C=O) groups excluding carboxylic acids is 2. The van der Waals surface area contributed by atoms with Crippen molar-refractivity contribution in [2.24, 2.45) is 5.92 Å². The molecular formula is C21H29N3O4. The van der Waals surface area contributed by atoms with E-state index in [4.69, 9.17) is 0 Å². The standard InChI is InChI=1S/C21H29N3O4/c1-14(25)23-11-15-10-16(12-23)19(24-17(15)6-5-7-18(24)26)20(27)22-13-21(28)8-3-2-4-9-21/h5-7,15-16,19,28H,2-4,8-13H2,1H3,(H,22,27)/t15-,16+,19-/m1/s1. The first-order valence-electron chi connectivity index (χ1n) is 10.3. The van der Waals surface area contributed by atoms with E-state index in [0.717, 1.165) is 31.4 Å². The number of rotatable bonds is 3. The van der Waals surface area contributed by atoms with Crippen molar-refractivity contribution in [2.75, 3.05) is 19.6 Å². The van der Waals surface area contributed by atoms with Crippen LogP contribution in [0.15, 0.2) is 23.0 Å². The van der Waals surface area contributed by atoms with Crippen LogP contribution in [0.25, 0.3) is 0 Å². The highest BCUT2D eigenvalue weighted by atomic mass is 16.3. The molecule has 7 nitrogen and oxygen atoms in total. The number of amides is 2. The van der Waals surface area contributed by atoms with Crippen LogP contribution in [0.2, 0.25) is 0 Å². The quantitative estimate of drug-likeness (QED) is 0.814. The van der Waals surface area contributed by atoms with Gasteiger partial charge in [-0.15, -0.1) is 0 Å². The second-order valence-corrected chi connectivity index (χ2v) is 8.72. The Bertz CT molecular complexity index is 827. The molecule has 1 aliphatic carbocycles. The molecule has 152 valence electrons. The predicted molar refractivity (Wildman–Crippen MR) is 104 cm³/mol. The summed E-state index contributed by atoms with van der Waals surface area (Å²) in [5.41, 5.74) is -0.209. The Hall–Kier alpha value is -2.15. The zero-order chi connectivity index (χ0) is 19.9. The number of likely N-dealkylation sites (tertiary alicyclic amines) is 1. The molecule has 2 bridgehead atoms. The van der Waals surface area contributed by atoms with E-state index in [-0.39, 0.29) is 35.8 Å². The monoisotopic (exact) mass is 387 g/mol. The number of hydrogen-bond acceptors (Lipinski definition) is 4. The van der Waals surface area contributed by atoms with Gasteiger partial charge in [0.2, 0.25) is 11.8 Å². The largest absolute Gasteiger partial charge is 0.388 e. The Morgan fingerprint density at radius 3 is 2.68 bits per heavy atom. The Kier molecular flexibility index (Phi) is 5.04. The van der Waals surface area contributed by atoms with Gasteiger partial charge in [0.1, 0.15) is 6.04 Å². The number of nitrogens with zero attached hydrogens (tertiary/aromatic N) is 2. The number of aliphatic hydroxyl groups is 1. The van der Waals surface area contributed by atoms with Crippen molar-refractivity contribution in [2.45, 2.75) is 63.0 Å². The van der Waals surface area contributed by atoms with E-state index in [1.165, 1.54) is 6.07 Å². The summed E-state index contributed by atoms with van der Waals surface area (Å²) >= 11 is 0. The number of nitrogens with one attached hydrogen (secondary N) is 1. The molecule has 2 fully saturated rings. The first-order valence-corrected chi connectivity index (χ1v) is 10.3. The molecule has 0 aromatic carbocycles. The summed E-state index contributed by atoms with van der Waals surface area (Å²) in [5, 5.41) is 13.6. The van der Waals surface area contributed by atoms with Gasteiger partial charge in [-0.3, -0.25) is 19.0 Å². The molecule has 2 amide bonds. The number of aromatic nitrogens is 1. The zero-order valence-corrected chi connectivity index (χ0v) is 16.4. The van der Waals surface area contributed by atoms with Crippen LogP contribution >= 0.6 is 0 Å². The second-order valence-electron chi connectivity index (χ2n) is 8.72. The van der Waals surface area contributed by atoms with Crippen LogP contribution in [0.1, 0.15) is 63.1 Å². The SMILES string of the molecule is CC(=O)N1C[C@H]2C[C@@H](C1)[C@H](C(=O)NCC1(O)CCCCC1)n1c2cccc1=O. The normalized spacial score (nSPS) is 28.4. The highest BCUT2D eigenvalue weighted by molar-refractivity contribution is 5.81. The van der Waals surface area contributed by atoms with Gasteiger partial charge >= 0.3 is 0 Å². The van der Waals surface area contributed by atoms with E-state index < -0.39 is 11.6 Å². The Morgan fingerprint density at radius 2 is 1.96 bits per heavy atom. The summed E-state index contributed by atoms with van der Waals surface area (Å²) in [6, 6.07) is 4.46. The minimum absolute atomic E-state index is 0.00268. The first kappa shape index (κ1) is 19.2. The summed E-state index contributed by atoms with van der Waals surface area (Å²) in [7, 11) is 0. The van der Waals surface area contributed by atoms with Crippen LogP contribution in [0.4, 0.5) is 0 Å². The molecule has 2 aliphatic heterocycles. The third-order valence-corrected chi connectivity index (χ3v) is 6.74. The summed E-state index contributed by atoms with van der Waals surface area (Å²) in [6.45, 7) is 2.83. The number of carbonyl (C=O) groups is 2. The van der Waals surface area contributed by atoms with Crippen LogP contribution in [0.5, 0.6) is 0 Å². The maximum absolute atomic E-state index is 13.2. The molecule has 3 aliphatic rings. The van der Waals surface area contributed by atoms with Crippen LogP contribution in [0.3, 0.4) is 0 Å². The number of fused-ring (bicyclic) bond motifs is 4. The smallest absolute Gasteiger partial charge is 0.251 e. The third-order valence-electron chi connectivity index (χ3n) is 6.74. The van der Waals surface area contributed by atoms with Gasteiger partial charge in [0.05, 0.1) is 5.60 Å². The summed E-state index contributed by atoms with van der Waals surface area (Å²) in [5.74, 6) is -0.265. The third kappa shape index (κ3) is 3.48. The average Bonchev–Trinajstić information content (AvgIpc) is 2.67. The van der Waals surface area contributed by atoms with Crippen molar-refractivity contribution in [1.82, 2.24) is 14.8 Å². The van der Waals surface area contributed by atoms with E-state index in [2.05, 4.69) is 5.32 Å². The second kappa shape index (κ2) is 7.35. The van der Waals surface area contributed by atoms with Crippen LogP contribution in [-0.4, -0.2) is 51.6 Å². The molecule has 0 radical (unpaired) electrons. The minimum Gasteiger partial charge on any atom is -0.388 e. The van der Waals surface area contributed by atoms with E-state index >= 15 is 0 Å². The van der Waals surface area contributed by atoms with Crippen LogP contribution in [0, 0.1) is 5.92 Å². The van der Waals surface area contributed by atoms with Gasteiger partial charge in [-0.05, 0) is 25.3 Å². The molecule has 1 saturated heterocycles. The van der Waals surface area contributed by atoms with Crippen molar-refractivity contribution in [3.8, 4) is 0 Å². The molecule has 1 aromatic rings. The molecular weight excluding hydrogens is 358 g/mol. The van der Waals surface area contributed by atoms with Crippen LogP contribution < -0.4 is 10.9 Å². The summed E-state index contributed by atoms with van der Waals surface area (Å²) in [4.78, 5) is 39.6. The highest BCUT2D eigenvalue weighted by Crippen LogP contribution is 2.41. The fourth-order valence-corrected chi connectivity index (χ4v) is 5.27. The lowest BCUT2D eigenvalue weighted by Gasteiger charge is -2.46. The number of hydrogen-bond donors (Lipinski definition) is 2. The van der Waals surface area contributed by atoms with E-state index in [1.54, 1.807) is 22.5 Å². The van der Waals surface area contributed by atoms with Gasteiger partial charge in [0.15, 0.2) is 0 Å².